The monoisotopic (exact) mass is 288 g/mol. The summed E-state index contributed by atoms with van der Waals surface area (Å²) in [4.78, 5) is 11.0. The average molecular weight is 289 g/mol. The molecule has 6 N–H and O–H groups in total. The van der Waals surface area contributed by atoms with E-state index in [0.29, 0.717) is 17.4 Å². The number of hydrogen-bond acceptors (Lipinski definition) is 4. The van der Waals surface area contributed by atoms with Crippen LogP contribution in [-0.2, 0) is 0 Å². The number of hydrogen-bond donors (Lipinski definition) is 4. The lowest BCUT2D eigenvalue weighted by Gasteiger charge is -2.16. The van der Waals surface area contributed by atoms with Crippen molar-refractivity contribution in [2.75, 3.05) is 6.54 Å². The van der Waals surface area contributed by atoms with Crippen molar-refractivity contribution in [3.8, 4) is 5.75 Å². The van der Waals surface area contributed by atoms with Crippen molar-refractivity contribution in [3.63, 3.8) is 0 Å². The van der Waals surface area contributed by atoms with E-state index in [9.17, 15) is 9.90 Å². The van der Waals surface area contributed by atoms with Crippen LogP contribution in [0.25, 0.3) is 0 Å². The van der Waals surface area contributed by atoms with Gasteiger partial charge < -0.3 is 21.7 Å². The molecule has 0 aromatic heterocycles. The summed E-state index contributed by atoms with van der Waals surface area (Å²) in [6.07, 6.45) is 0.407. The minimum Gasteiger partial charge on any atom is -0.506 e. The lowest BCUT2D eigenvalue weighted by molar-refractivity contribution is 0.0694. The molecule has 0 heterocycles. The molecular weight excluding hydrogens is 276 g/mol. The maximum absolute atomic E-state index is 11.0. The molecule has 16 heavy (non-hydrogen) atoms. The van der Waals surface area contributed by atoms with Gasteiger partial charge in [0.2, 0.25) is 0 Å². The van der Waals surface area contributed by atoms with Crippen LogP contribution in [0.2, 0.25) is 0 Å². The number of benzene rings is 1. The Kier molecular flexibility index (Phi) is 4.28. The number of carboxylic acid groups (broad SMARTS) is 1. The Hall–Kier alpha value is -1.11. The lowest BCUT2D eigenvalue weighted by atomic mass is 9.97. The van der Waals surface area contributed by atoms with E-state index in [2.05, 4.69) is 15.9 Å². The van der Waals surface area contributed by atoms with Crippen molar-refractivity contribution in [3.05, 3.63) is 27.7 Å². The van der Waals surface area contributed by atoms with E-state index in [1.165, 1.54) is 12.1 Å². The zero-order valence-corrected chi connectivity index (χ0v) is 10.1. The third kappa shape index (κ3) is 2.52. The van der Waals surface area contributed by atoms with Crippen LogP contribution in [-0.4, -0.2) is 22.7 Å². The molecule has 0 spiro atoms. The molecule has 0 bridgehead atoms. The maximum Gasteiger partial charge on any atom is 0.336 e. The van der Waals surface area contributed by atoms with Crippen LogP contribution >= 0.6 is 15.9 Å². The highest BCUT2D eigenvalue weighted by Gasteiger charge is 2.21. The van der Waals surface area contributed by atoms with Crippen molar-refractivity contribution in [1.29, 1.82) is 0 Å². The first-order chi connectivity index (χ1) is 7.49. The first-order valence-corrected chi connectivity index (χ1v) is 5.48. The van der Waals surface area contributed by atoms with Gasteiger partial charge in [-0.15, -0.1) is 0 Å². The fraction of sp³-hybridized carbons (Fsp3) is 0.300. The molecule has 1 atom stereocenters. The number of phenols is 1. The van der Waals surface area contributed by atoms with E-state index in [4.69, 9.17) is 16.6 Å². The minimum atomic E-state index is -1.12. The molecule has 0 amide bonds. The van der Waals surface area contributed by atoms with Gasteiger partial charge in [0.15, 0.2) is 0 Å². The van der Waals surface area contributed by atoms with E-state index in [1.54, 1.807) is 0 Å². The predicted octanol–water partition coefficient (Wildman–Crippen LogP) is 1.20. The fourth-order valence-electron chi connectivity index (χ4n) is 1.47. The van der Waals surface area contributed by atoms with Gasteiger partial charge >= 0.3 is 5.97 Å². The molecule has 0 aliphatic carbocycles. The third-order valence-electron chi connectivity index (χ3n) is 2.25. The molecule has 0 unspecified atom stereocenters. The van der Waals surface area contributed by atoms with Crippen LogP contribution in [0.4, 0.5) is 0 Å². The molecule has 1 rings (SSSR count). The number of halogens is 1. The van der Waals surface area contributed by atoms with E-state index in [1.807, 2.05) is 0 Å². The van der Waals surface area contributed by atoms with Gasteiger partial charge in [-0.25, -0.2) is 4.79 Å². The second kappa shape index (κ2) is 5.29. The summed E-state index contributed by atoms with van der Waals surface area (Å²) in [5.41, 5.74) is 11.4. The molecule has 1 aromatic carbocycles. The Morgan fingerprint density at radius 1 is 1.50 bits per heavy atom. The Labute approximate surface area is 101 Å². The fourth-order valence-corrected chi connectivity index (χ4v) is 1.81. The molecule has 6 heteroatoms. The summed E-state index contributed by atoms with van der Waals surface area (Å²) in [5.74, 6) is -1.26. The second-order valence-corrected chi connectivity index (χ2v) is 4.20. The Morgan fingerprint density at radius 3 is 2.62 bits per heavy atom. The number of aromatic carboxylic acids is 1. The topological polar surface area (TPSA) is 110 Å². The molecule has 5 nitrogen and oxygen atoms in total. The molecule has 0 saturated heterocycles. The van der Waals surface area contributed by atoms with E-state index in [-0.39, 0.29) is 16.9 Å². The second-order valence-electron chi connectivity index (χ2n) is 3.35. The predicted molar refractivity (Wildman–Crippen MR) is 63.4 cm³/mol. The van der Waals surface area contributed by atoms with Gasteiger partial charge in [-0.05, 0) is 41.0 Å². The number of carboxylic acids is 1. The highest BCUT2D eigenvalue weighted by Crippen LogP contribution is 2.34. The average Bonchev–Trinajstić information content (AvgIpc) is 2.21. The number of carbonyl (C=O) groups is 1. The third-order valence-corrected chi connectivity index (χ3v) is 2.89. The molecule has 0 radical (unpaired) electrons. The van der Waals surface area contributed by atoms with Crippen molar-refractivity contribution in [2.24, 2.45) is 11.5 Å². The largest absolute Gasteiger partial charge is 0.506 e. The Bertz CT molecular complexity index is 409. The smallest absolute Gasteiger partial charge is 0.336 e. The van der Waals surface area contributed by atoms with Crippen LogP contribution in [0.15, 0.2) is 16.6 Å². The maximum atomic E-state index is 11.0. The first-order valence-electron chi connectivity index (χ1n) is 4.69. The standard InChI is InChI=1S/C10H13BrN2O3/c11-6-2-1-5(10(15)16)8(9(6)14)7(13)3-4-12/h1-2,7,14H,3-4,12-13H2,(H,15,16)/t7-/m0/s1. The van der Waals surface area contributed by atoms with Crippen LogP contribution in [0.3, 0.4) is 0 Å². The van der Waals surface area contributed by atoms with E-state index >= 15 is 0 Å². The molecule has 0 saturated carbocycles. The Morgan fingerprint density at radius 2 is 2.12 bits per heavy atom. The van der Waals surface area contributed by atoms with E-state index in [0.717, 1.165) is 0 Å². The van der Waals surface area contributed by atoms with Gasteiger partial charge in [0.05, 0.1) is 10.0 Å². The zero-order valence-electron chi connectivity index (χ0n) is 8.48. The normalized spacial score (nSPS) is 12.4. The van der Waals surface area contributed by atoms with Gasteiger partial charge in [0.25, 0.3) is 0 Å². The molecule has 0 aliphatic rings. The molecule has 0 aliphatic heterocycles. The van der Waals surface area contributed by atoms with E-state index < -0.39 is 12.0 Å². The van der Waals surface area contributed by atoms with Gasteiger partial charge in [0, 0.05) is 11.6 Å². The van der Waals surface area contributed by atoms with Gasteiger partial charge in [-0.1, -0.05) is 0 Å². The highest BCUT2D eigenvalue weighted by molar-refractivity contribution is 9.10. The van der Waals surface area contributed by atoms with Crippen molar-refractivity contribution in [2.45, 2.75) is 12.5 Å². The van der Waals surface area contributed by atoms with Crippen LogP contribution < -0.4 is 11.5 Å². The Balaban J connectivity index is 3.31. The van der Waals surface area contributed by atoms with Gasteiger partial charge in [0.1, 0.15) is 5.75 Å². The van der Waals surface area contributed by atoms with Crippen LogP contribution in [0, 0.1) is 0 Å². The quantitative estimate of drug-likeness (QED) is 0.666. The summed E-state index contributed by atoms with van der Waals surface area (Å²) < 4.78 is 0.417. The van der Waals surface area contributed by atoms with Crippen LogP contribution in [0.5, 0.6) is 5.75 Å². The SMILES string of the molecule is NCC[C@H](N)c1c(C(=O)O)ccc(Br)c1O. The number of nitrogens with two attached hydrogens (primary N) is 2. The zero-order chi connectivity index (χ0) is 12.3. The summed E-state index contributed by atoms with van der Waals surface area (Å²) in [7, 11) is 0. The van der Waals surface area contributed by atoms with Crippen molar-refractivity contribution in [1.82, 2.24) is 0 Å². The summed E-state index contributed by atoms with van der Waals surface area (Å²) in [6.45, 7) is 0.326. The summed E-state index contributed by atoms with van der Waals surface area (Å²) in [5, 5.41) is 18.8. The number of aromatic hydroxyl groups is 1. The van der Waals surface area contributed by atoms with Gasteiger partial charge in [-0.2, -0.15) is 0 Å². The van der Waals surface area contributed by atoms with Crippen LogP contribution in [0.1, 0.15) is 28.4 Å². The lowest BCUT2D eigenvalue weighted by Crippen LogP contribution is -2.18. The number of phenolic OH excluding ortho intramolecular Hbond substituents is 1. The molecule has 1 aromatic rings. The highest BCUT2D eigenvalue weighted by atomic mass is 79.9. The summed E-state index contributed by atoms with van der Waals surface area (Å²) in [6, 6.07) is 2.28. The molecule has 0 fully saturated rings. The van der Waals surface area contributed by atoms with Gasteiger partial charge in [-0.3, -0.25) is 0 Å². The first kappa shape index (κ1) is 13.0. The van der Waals surface area contributed by atoms with Crippen molar-refractivity contribution < 1.29 is 15.0 Å². The molecule has 88 valence electrons. The number of rotatable bonds is 4. The van der Waals surface area contributed by atoms with Crippen molar-refractivity contribution >= 4 is 21.9 Å². The summed E-state index contributed by atoms with van der Waals surface area (Å²) >= 11 is 3.12. The molecular formula is C10H13BrN2O3. The minimum absolute atomic E-state index is 0.00153.